The van der Waals surface area contributed by atoms with E-state index in [0.717, 1.165) is 0 Å². The summed E-state index contributed by atoms with van der Waals surface area (Å²) >= 11 is 7.86. The number of rotatable bonds is 17. The van der Waals surface area contributed by atoms with Gasteiger partial charge in [-0.1, -0.05) is 31.2 Å². The van der Waals surface area contributed by atoms with E-state index >= 15 is 0 Å². The number of carbonyl (C=O) groups excluding carboxylic acids is 4. The predicted octanol–water partition coefficient (Wildman–Crippen LogP) is 3.11. The topological polar surface area (TPSA) is 184 Å². The maximum atomic E-state index is 13.8. The van der Waals surface area contributed by atoms with Crippen LogP contribution in [0.5, 0.6) is 0 Å². The number of ether oxygens (including phenoxy) is 6. The molecule has 0 aromatic carbocycles. The van der Waals surface area contributed by atoms with E-state index in [1.165, 1.54) is 30.4 Å². The smallest absolute Gasteiger partial charge is 0.313 e. The van der Waals surface area contributed by atoms with Crippen LogP contribution in [-0.4, -0.2) is 104 Å². The Morgan fingerprint density at radius 3 is 2.40 bits per heavy atom. The molecule has 1 heterocycles. The van der Waals surface area contributed by atoms with Gasteiger partial charge in [-0.2, -0.15) is 0 Å². The van der Waals surface area contributed by atoms with Crippen molar-refractivity contribution in [3.8, 4) is 0 Å². The molecule has 3 unspecified atom stereocenters. The van der Waals surface area contributed by atoms with Crippen molar-refractivity contribution in [2.45, 2.75) is 53.1 Å². The second-order valence-corrected chi connectivity index (χ2v) is 13.3. The third-order valence-corrected chi connectivity index (χ3v) is 9.76. The second-order valence-electron chi connectivity index (χ2n) is 10.3. The number of thioether (sulfide) groups is 2. The fourth-order valence-electron chi connectivity index (χ4n) is 4.06. The lowest BCUT2D eigenvalue weighted by molar-refractivity contribution is -0.243. The molecule has 14 nitrogen and oxygen atoms in total. The van der Waals surface area contributed by atoms with E-state index < -0.39 is 60.1 Å². The van der Waals surface area contributed by atoms with Gasteiger partial charge in [0, 0.05) is 24.7 Å². The molecule has 1 fully saturated rings. The van der Waals surface area contributed by atoms with Gasteiger partial charge in [0.15, 0.2) is 0 Å². The molecule has 17 heteroatoms. The Labute approximate surface area is 265 Å². The SMILES string of the molecule is COCCOCCOC(=O)C(C)(C)C(CSC(=S)SC)C(=O)O[C@@H]1OC(COC(C)=O)[C@@H](C)[C@H](C)C1NC(=O)CN=[N+]=[N-]. The zero-order chi connectivity index (χ0) is 32.6. The molecule has 1 saturated heterocycles. The van der Waals surface area contributed by atoms with E-state index in [2.05, 4.69) is 15.3 Å². The first-order valence-corrected chi connectivity index (χ1v) is 16.2. The number of methoxy groups -OCH3 is 1. The van der Waals surface area contributed by atoms with Crippen LogP contribution in [0.2, 0.25) is 0 Å². The van der Waals surface area contributed by atoms with Crippen LogP contribution in [0.15, 0.2) is 5.11 Å². The van der Waals surface area contributed by atoms with E-state index in [4.69, 9.17) is 46.2 Å². The molecule has 244 valence electrons. The van der Waals surface area contributed by atoms with Crippen LogP contribution in [0.1, 0.15) is 34.6 Å². The molecule has 1 N–H and O–H groups in total. The van der Waals surface area contributed by atoms with Gasteiger partial charge in [0.1, 0.15) is 23.3 Å². The van der Waals surface area contributed by atoms with Gasteiger partial charge in [0.05, 0.1) is 43.3 Å². The van der Waals surface area contributed by atoms with Gasteiger partial charge >= 0.3 is 17.9 Å². The molecule has 0 radical (unpaired) electrons. The van der Waals surface area contributed by atoms with E-state index in [-0.39, 0.29) is 37.4 Å². The molecule has 0 bridgehead atoms. The Bertz CT molecular complexity index is 1010. The highest BCUT2D eigenvalue weighted by Crippen LogP contribution is 2.37. The summed E-state index contributed by atoms with van der Waals surface area (Å²) in [5.74, 6) is -4.01. The van der Waals surface area contributed by atoms with E-state index in [1.807, 2.05) is 13.8 Å². The predicted molar refractivity (Wildman–Crippen MR) is 165 cm³/mol. The second kappa shape index (κ2) is 20.0. The standard InChI is InChI=1S/C26H42N4O10S3/c1-15-16(2)21(29-20(32)12-28-30-27)23(39-19(15)13-38-17(3)31)40-22(33)18(14-43-25(41)42-7)26(4,5)24(34)37-11-10-36-9-8-35-6/h15-16,18-19,21,23H,8-14H2,1-7H3,(H,29,32)/t15-,16-,18?,19?,21?,23-/m0/s1. The molecule has 1 amide bonds. The van der Waals surface area contributed by atoms with Crippen molar-refractivity contribution in [3.63, 3.8) is 0 Å². The van der Waals surface area contributed by atoms with Crippen LogP contribution in [0.25, 0.3) is 10.4 Å². The number of amides is 1. The van der Waals surface area contributed by atoms with Gasteiger partial charge < -0.3 is 33.7 Å². The average molecular weight is 667 g/mol. The van der Waals surface area contributed by atoms with Gasteiger partial charge in [-0.15, -0.1) is 23.5 Å². The van der Waals surface area contributed by atoms with Gasteiger partial charge in [-0.25, -0.2) is 0 Å². The molecule has 43 heavy (non-hydrogen) atoms. The molecule has 1 aliphatic heterocycles. The molecule has 0 aromatic rings. The fraction of sp³-hybridized carbons (Fsp3) is 0.808. The number of esters is 3. The molecular formula is C26H42N4O10S3. The Kier molecular flexibility index (Phi) is 18.1. The Hall–Kier alpha value is -2.14. The number of nitrogens with zero attached hydrogens (tertiary/aromatic N) is 3. The quantitative estimate of drug-likeness (QED) is 0.0455. The lowest BCUT2D eigenvalue weighted by atomic mass is 9.79. The maximum absolute atomic E-state index is 13.8. The first-order chi connectivity index (χ1) is 20.3. The summed E-state index contributed by atoms with van der Waals surface area (Å²) in [5.41, 5.74) is 7.25. The Morgan fingerprint density at radius 1 is 1.12 bits per heavy atom. The number of carbonyl (C=O) groups is 4. The minimum absolute atomic E-state index is 0.0254. The summed E-state index contributed by atoms with van der Waals surface area (Å²) in [4.78, 5) is 53.5. The van der Waals surface area contributed by atoms with Crippen molar-refractivity contribution >= 4 is 63.1 Å². The number of thiocarbonyl (C=S) groups is 1. The van der Waals surface area contributed by atoms with Crippen LogP contribution >= 0.6 is 35.7 Å². The number of hydrogen-bond donors (Lipinski definition) is 1. The highest BCUT2D eigenvalue weighted by Gasteiger charge is 2.48. The highest BCUT2D eigenvalue weighted by molar-refractivity contribution is 8.47. The minimum atomic E-state index is -1.35. The number of nitrogens with one attached hydrogen (secondary N) is 1. The molecule has 1 rings (SSSR count). The monoisotopic (exact) mass is 666 g/mol. The van der Waals surface area contributed by atoms with E-state index in [0.29, 0.717) is 16.7 Å². The Morgan fingerprint density at radius 2 is 1.79 bits per heavy atom. The number of hydrogen-bond acceptors (Lipinski definition) is 14. The summed E-state index contributed by atoms with van der Waals surface area (Å²) < 4.78 is 33.3. The molecule has 0 aromatic heterocycles. The summed E-state index contributed by atoms with van der Waals surface area (Å²) in [6, 6.07) is -0.839. The van der Waals surface area contributed by atoms with Crippen LogP contribution in [0.4, 0.5) is 0 Å². The third kappa shape index (κ3) is 13.2. The fourth-order valence-corrected chi connectivity index (χ4v) is 5.79. The summed E-state index contributed by atoms with van der Waals surface area (Å²) in [6.45, 7) is 8.39. The summed E-state index contributed by atoms with van der Waals surface area (Å²) in [5, 5.41) is 6.01. The molecule has 0 aliphatic carbocycles. The highest BCUT2D eigenvalue weighted by atomic mass is 32.2. The Balaban J connectivity index is 3.23. The summed E-state index contributed by atoms with van der Waals surface area (Å²) in [6.07, 6.45) is -0.165. The largest absolute Gasteiger partial charge is 0.463 e. The molecule has 6 atom stereocenters. The molecular weight excluding hydrogens is 625 g/mol. The zero-order valence-electron chi connectivity index (χ0n) is 25.6. The van der Waals surface area contributed by atoms with Crippen LogP contribution in [-0.2, 0) is 47.6 Å². The lowest BCUT2D eigenvalue weighted by Crippen LogP contribution is -2.60. The van der Waals surface area contributed by atoms with Gasteiger partial charge in [-0.05, 0) is 37.5 Å². The van der Waals surface area contributed by atoms with Crippen LogP contribution in [0.3, 0.4) is 0 Å². The normalized spacial score (nSPS) is 22.4. The first kappa shape index (κ1) is 38.9. The van der Waals surface area contributed by atoms with Crippen molar-refractivity contribution in [3.05, 3.63) is 10.4 Å². The summed E-state index contributed by atoms with van der Waals surface area (Å²) in [7, 11) is 1.55. The van der Waals surface area contributed by atoms with Crippen LogP contribution in [0, 0.1) is 23.2 Å². The molecule has 1 aliphatic rings. The van der Waals surface area contributed by atoms with Crippen molar-refractivity contribution in [2.75, 3.05) is 58.7 Å². The molecule has 0 saturated carbocycles. The van der Waals surface area contributed by atoms with E-state index in [1.54, 1.807) is 27.2 Å². The van der Waals surface area contributed by atoms with E-state index in [9.17, 15) is 19.2 Å². The third-order valence-electron chi connectivity index (χ3n) is 6.98. The maximum Gasteiger partial charge on any atom is 0.313 e. The molecule has 0 spiro atoms. The zero-order valence-corrected chi connectivity index (χ0v) is 28.0. The lowest BCUT2D eigenvalue weighted by Gasteiger charge is -2.44. The average Bonchev–Trinajstić information content (AvgIpc) is 2.96. The van der Waals surface area contributed by atoms with Crippen molar-refractivity contribution in [2.24, 2.45) is 28.3 Å². The van der Waals surface area contributed by atoms with Gasteiger partial charge in [0.25, 0.3) is 0 Å². The first-order valence-electron chi connectivity index (χ1n) is 13.5. The van der Waals surface area contributed by atoms with Gasteiger partial charge in [-0.3, -0.25) is 19.2 Å². The van der Waals surface area contributed by atoms with Crippen molar-refractivity contribution in [1.82, 2.24) is 5.32 Å². The van der Waals surface area contributed by atoms with Crippen LogP contribution < -0.4 is 5.32 Å². The van der Waals surface area contributed by atoms with Crippen molar-refractivity contribution < 1.29 is 47.6 Å². The van der Waals surface area contributed by atoms with Crippen molar-refractivity contribution in [1.29, 1.82) is 0 Å². The minimum Gasteiger partial charge on any atom is -0.463 e. The van der Waals surface area contributed by atoms with Gasteiger partial charge in [0.2, 0.25) is 12.2 Å². The number of azide groups is 1.